The molecule has 0 fully saturated rings. The Morgan fingerprint density at radius 2 is 2.00 bits per heavy atom. The van der Waals surface area contributed by atoms with E-state index in [2.05, 4.69) is 10.4 Å². The van der Waals surface area contributed by atoms with Crippen LogP contribution in [-0.4, -0.2) is 27.4 Å². The van der Waals surface area contributed by atoms with E-state index in [1.807, 2.05) is 42.1 Å². The highest BCUT2D eigenvalue weighted by atomic mass is 16.3. The van der Waals surface area contributed by atoms with Crippen LogP contribution in [0, 0.1) is 0 Å². The molecule has 0 bridgehead atoms. The Morgan fingerprint density at radius 3 is 2.74 bits per heavy atom. The van der Waals surface area contributed by atoms with Gasteiger partial charge in [-0.15, -0.1) is 0 Å². The summed E-state index contributed by atoms with van der Waals surface area (Å²) in [7, 11) is 1.90. The third kappa shape index (κ3) is 3.29. The van der Waals surface area contributed by atoms with Crippen LogP contribution in [0.2, 0.25) is 0 Å². The van der Waals surface area contributed by atoms with Crippen molar-refractivity contribution in [2.75, 3.05) is 6.61 Å². The van der Waals surface area contributed by atoms with E-state index in [9.17, 15) is 9.90 Å². The summed E-state index contributed by atoms with van der Waals surface area (Å²) in [5.74, 6) is -0.202. The lowest BCUT2D eigenvalue weighted by Crippen LogP contribution is -2.31. The van der Waals surface area contributed by atoms with Crippen LogP contribution in [0.25, 0.3) is 0 Å². The van der Waals surface area contributed by atoms with E-state index < -0.39 is 6.04 Å². The molecule has 0 aliphatic heterocycles. The van der Waals surface area contributed by atoms with Gasteiger partial charge in [0.25, 0.3) is 5.91 Å². The highest BCUT2D eigenvalue weighted by Crippen LogP contribution is 2.24. The first kappa shape index (κ1) is 15.7. The molecule has 1 atom stereocenters. The highest BCUT2D eigenvalue weighted by Gasteiger charge is 2.24. The Bertz CT molecular complexity index is 679. The largest absolute Gasteiger partial charge is 0.394 e. The summed E-state index contributed by atoms with van der Waals surface area (Å²) in [6, 6.07) is 9.11. The molecule has 1 aliphatic rings. The summed E-state index contributed by atoms with van der Waals surface area (Å²) < 4.78 is 1.84. The maximum Gasteiger partial charge on any atom is 0.272 e. The smallest absolute Gasteiger partial charge is 0.272 e. The average molecular weight is 313 g/mol. The van der Waals surface area contributed by atoms with Crippen LogP contribution >= 0.6 is 0 Å². The molecule has 5 heteroatoms. The number of fused-ring (bicyclic) bond motifs is 1. The van der Waals surface area contributed by atoms with Gasteiger partial charge < -0.3 is 10.4 Å². The number of aromatic nitrogens is 2. The molecule has 0 spiro atoms. The van der Waals surface area contributed by atoms with Crippen molar-refractivity contribution in [3.63, 3.8) is 0 Å². The van der Waals surface area contributed by atoms with Gasteiger partial charge in [-0.1, -0.05) is 36.8 Å². The second-order valence-electron chi connectivity index (χ2n) is 6.08. The minimum atomic E-state index is -0.410. The molecule has 2 N–H and O–H groups in total. The molecular formula is C18H23N3O2. The van der Waals surface area contributed by atoms with Crippen molar-refractivity contribution in [3.8, 4) is 0 Å². The Morgan fingerprint density at radius 1 is 1.26 bits per heavy atom. The fraction of sp³-hybridized carbons (Fsp3) is 0.444. The number of aryl methyl sites for hydroxylation is 1. The number of nitrogens with one attached hydrogen (secondary N) is 1. The number of aliphatic hydroxyl groups excluding tert-OH is 1. The number of amides is 1. The van der Waals surface area contributed by atoms with E-state index >= 15 is 0 Å². The van der Waals surface area contributed by atoms with Crippen molar-refractivity contribution in [1.29, 1.82) is 0 Å². The second-order valence-corrected chi connectivity index (χ2v) is 6.08. The van der Waals surface area contributed by atoms with Crippen molar-refractivity contribution < 1.29 is 9.90 Å². The molecule has 122 valence electrons. The SMILES string of the molecule is Cn1nc(C(=O)N[C@@H](CO)c2ccccc2)c2c1CCCCC2. The molecule has 5 nitrogen and oxygen atoms in total. The average Bonchev–Trinajstić information content (AvgIpc) is 2.76. The number of hydrogen-bond donors (Lipinski definition) is 2. The summed E-state index contributed by atoms with van der Waals surface area (Å²) in [5.41, 5.74) is 3.66. The standard InChI is InChI=1S/C18H23N3O2/c1-21-16-11-7-3-6-10-14(16)17(20-21)18(23)19-15(12-22)13-8-4-2-5-9-13/h2,4-5,8-9,15,22H,3,6-7,10-12H2,1H3,(H,19,23)/t15-/m0/s1. The van der Waals surface area contributed by atoms with Gasteiger partial charge in [-0.25, -0.2) is 0 Å². The van der Waals surface area contributed by atoms with Crippen molar-refractivity contribution in [2.45, 2.75) is 38.1 Å². The molecule has 1 amide bonds. The number of aliphatic hydroxyl groups is 1. The van der Waals surface area contributed by atoms with Crippen LogP contribution in [-0.2, 0) is 19.9 Å². The van der Waals surface area contributed by atoms with Gasteiger partial charge >= 0.3 is 0 Å². The van der Waals surface area contributed by atoms with Crippen LogP contribution < -0.4 is 5.32 Å². The third-order valence-electron chi connectivity index (χ3n) is 4.52. The number of carbonyl (C=O) groups is 1. The predicted molar refractivity (Wildman–Crippen MR) is 88.2 cm³/mol. The van der Waals surface area contributed by atoms with Gasteiger partial charge in [0.2, 0.25) is 0 Å². The van der Waals surface area contributed by atoms with Gasteiger partial charge in [0.05, 0.1) is 12.6 Å². The zero-order valence-electron chi connectivity index (χ0n) is 13.5. The zero-order chi connectivity index (χ0) is 16.2. The monoisotopic (exact) mass is 313 g/mol. The molecule has 0 radical (unpaired) electrons. The van der Waals surface area contributed by atoms with Gasteiger partial charge in [0, 0.05) is 18.3 Å². The number of nitrogens with zero attached hydrogens (tertiary/aromatic N) is 2. The lowest BCUT2D eigenvalue weighted by molar-refractivity contribution is 0.0909. The van der Waals surface area contributed by atoms with E-state index in [1.165, 1.54) is 12.1 Å². The van der Waals surface area contributed by atoms with Crippen molar-refractivity contribution in [3.05, 3.63) is 52.8 Å². The topological polar surface area (TPSA) is 67.2 Å². The normalized spacial score (nSPS) is 15.6. The van der Waals surface area contributed by atoms with E-state index in [0.717, 1.165) is 36.8 Å². The minimum Gasteiger partial charge on any atom is -0.394 e. The molecule has 1 aliphatic carbocycles. The van der Waals surface area contributed by atoms with Gasteiger partial charge in [0.15, 0.2) is 5.69 Å². The lowest BCUT2D eigenvalue weighted by Gasteiger charge is -2.16. The Balaban J connectivity index is 1.83. The molecule has 1 aromatic carbocycles. The molecule has 0 unspecified atom stereocenters. The molecule has 1 aromatic heterocycles. The predicted octanol–water partition coefficient (Wildman–Crippen LogP) is 2.15. The maximum absolute atomic E-state index is 12.7. The quantitative estimate of drug-likeness (QED) is 0.850. The van der Waals surface area contributed by atoms with Crippen LogP contribution in [0.1, 0.15) is 52.6 Å². The van der Waals surface area contributed by atoms with E-state index in [4.69, 9.17) is 0 Å². The van der Waals surface area contributed by atoms with Gasteiger partial charge in [-0.3, -0.25) is 9.48 Å². The zero-order valence-corrected chi connectivity index (χ0v) is 13.5. The third-order valence-corrected chi connectivity index (χ3v) is 4.52. The van der Waals surface area contributed by atoms with Gasteiger partial charge in [0.1, 0.15) is 0 Å². The molecule has 0 saturated heterocycles. The fourth-order valence-corrected chi connectivity index (χ4v) is 3.28. The first-order chi connectivity index (χ1) is 11.2. The van der Waals surface area contributed by atoms with Crippen molar-refractivity contribution >= 4 is 5.91 Å². The summed E-state index contributed by atoms with van der Waals surface area (Å²) in [5, 5.41) is 17.0. The Hall–Kier alpha value is -2.14. The van der Waals surface area contributed by atoms with Crippen LogP contribution in [0.5, 0.6) is 0 Å². The number of rotatable bonds is 4. The van der Waals surface area contributed by atoms with Crippen LogP contribution in [0.15, 0.2) is 30.3 Å². The minimum absolute atomic E-state index is 0.134. The van der Waals surface area contributed by atoms with Crippen LogP contribution in [0.4, 0.5) is 0 Å². The lowest BCUT2D eigenvalue weighted by atomic mass is 10.1. The summed E-state index contributed by atoms with van der Waals surface area (Å²) in [4.78, 5) is 12.7. The first-order valence-corrected chi connectivity index (χ1v) is 8.22. The molecule has 23 heavy (non-hydrogen) atoms. The van der Waals surface area contributed by atoms with E-state index in [1.54, 1.807) is 0 Å². The molecular weight excluding hydrogens is 290 g/mol. The van der Waals surface area contributed by atoms with Gasteiger partial charge in [-0.2, -0.15) is 5.10 Å². The number of benzene rings is 1. The van der Waals surface area contributed by atoms with E-state index in [-0.39, 0.29) is 12.5 Å². The van der Waals surface area contributed by atoms with Crippen molar-refractivity contribution in [2.24, 2.45) is 7.05 Å². The van der Waals surface area contributed by atoms with Gasteiger partial charge in [-0.05, 0) is 31.2 Å². The molecule has 3 rings (SSSR count). The maximum atomic E-state index is 12.7. The summed E-state index contributed by atoms with van der Waals surface area (Å²) >= 11 is 0. The fourth-order valence-electron chi connectivity index (χ4n) is 3.28. The number of hydrogen-bond acceptors (Lipinski definition) is 3. The molecule has 0 saturated carbocycles. The molecule has 2 aromatic rings. The summed E-state index contributed by atoms with van der Waals surface area (Å²) in [6.07, 6.45) is 5.33. The molecule has 1 heterocycles. The van der Waals surface area contributed by atoms with E-state index in [0.29, 0.717) is 5.69 Å². The van der Waals surface area contributed by atoms with Crippen LogP contribution in [0.3, 0.4) is 0 Å². The number of carbonyl (C=O) groups excluding carboxylic acids is 1. The Kier molecular flexibility index (Phi) is 4.76. The Labute approximate surface area is 136 Å². The summed E-state index contributed by atoms with van der Waals surface area (Å²) in [6.45, 7) is -0.134. The highest BCUT2D eigenvalue weighted by molar-refractivity contribution is 5.94. The first-order valence-electron chi connectivity index (χ1n) is 8.22. The second kappa shape index (κ2) is 6.96. The van der Waals surface area contributed by atoms with Crippen molar-refractivity contribution in [1.82, 2.24) is 15.1 Å².